The van der Waals surface area contributed by atoms with E-state index in [0.29, 0.717) is 6.54 Å². The molecule has 9 nitrogen and oxygen atoms in total. The predicted molar refractivity (Wildman–Crippen MR) is 113 cm³/mol. The van der Waals surface area contributed by atoms with Gasteiger partial charge in [0.1, 0.15) is 0 Å². The Bertz CT molecular complexity index is 1060. The van der Waals surface area contributed by atoms with E-state index in [4.69, 9.17) is 0 Å². The van der Waals surface area contributed by atoms with Crippen LogP contribution >= 0.6 is 0 Å². The van der Waals surface area contributed by atoms with Crippen LogP contribution in [0.3, 0.4) is 0 Å². The lowest BCUT2D eigenvalue weighted by atomic mass is 10.1. The van der Waals surface area contributed by atoms with Crippen molar-refractivity contribution >= 4 is 30.1 Å². The summed E-state index contributed by atoms with van der Waals surface area (Å²) in [5.74, 6) is -0.0225. The van der Waals surface area contributed by atoms with Crippen LogP contribution in [-0.2, 0) is 30.1 Å². The van der Waals surface area contributed by atoms with Gasteiger partial charge in [0, 0.05) is 38.8 Å². The van der Waals surface area contributed by atoms with Gasteiger partial charge in [0.15, 0.2) is 0 Å². The molecule has 2 aliphatic heterocycles. The van der Waals surface area contributed by atoms with E-state index in [2.05, 4.69) is 0 Å². The van der Waals surface area contributed by atoms with Gasteiger partial charge in [-0.3, -0.25) is 0 Å². The summed E-state index contributed by atoms with van der Waals surface area (Å²) in [6.45, 7) is 4.24. The first kappa shape index (κ1) is 23.6. The van der Waals surface area contributed by atoms with Crippen LogP contribution in [0.4, 0.5) is 0 Å². The summed E-state index contributed by atoms with van der Waals surface area (Å²) in [4.78, 5) is 0.0778. The predicted octanol–water partition coefficient (Wildman–Crippen LogP) is 0.906. The van der Waals surface area contributed by atoms with E-state index in [1.165, 1.54) is 37.2 Å². The second kappa shape index (κ2) is 8.83. The molecule has 0 bridgehead atoms. The molecule has 0 saturated carbocycles. The maximum atomic E-state index is 12.9. The Balaban J connectivity index is 1.76. The standard InChI is InChI=1S/C18H29N3O6S3/c1-3-28(22,23)19-12-14-20(15-13-19)29(24,25)17-7-9-18(10-8-17)30(26,27)21-11-5-4-6-16(21)2/h7-10,16H,3-6,11-15H2,1-2H3/t16-/m0/s1. The van der Waals surface area contributed by atoms with Gasteiger partial charge in [-0.15, -0.1) is 0 Å². The van der Waals surface area contributed by atoms with Crippen LogP contribution in [0.25, 0.3) is 0 Å². The first-order valence-electron chi connectivity index (χ1n) is 10.1. The topological polar surface area (TPSA) is 112 Å². The Labute approximate surface area is 179 Å². The van der Waals surface area contributed by atoms with Gasteiger partial charge in [0.2, 0.25) is 30.1 Å². The van der Waals surface area contributed by atoms with Crippen molar-refractivity contribution in [3.8, 4) is 0 Å². The lowest BCUT2D eigenvalue weighted by Gasteiger charge is -2.33. The van der Waals surface area contributed by atoms with Gasteiger partial charge in [0.05, 0.1) is 15.5 Å². The summed E-state index contributed by atoms with van der Waals surface area (Å²) in [7, 11) is -10.9. The summed E-state index contributed by atoms with van der Waals surface area (Å²) in [5.41, 5.74) is 0. The number of benzene rings is 1. The molecule has 30 heavy (non-hydrogen) atoms. The second-order valence-corrected chi connectivity index (χ2v) is 13.7. The van der Waals surface area contributed by atoms with Crippen molar-refractivity contribution in [2.45, 2.75) is 48.9 Å². The molecule has 0 aromatic heterocycles. The molecule has 3 rings (SSSR count). The summed E-state index contributed by atoms with van der Waals surface area (Å²) >= 11 is 0. The van der Waals surface area contributed by atoms with Crippen molar-refractivity contribution in [2.24, 2.45) is 0 Å². The number of sulfonamides is 3. The fourth-order valence-electron chi connectivity index (χ4n) is 3.87. The molecule has 170 valence electrons. The molecule has 0 amide bonds. The monoisotopic (exact) mass is 479 g/mol. The molecule has 1 atom stereocenters. The minimum atomic E-state index is -3.83. The van der Waals surface area contributed by atoms with Crippen molar-refractivity contribution in [1.29, 1.82) is 0 Å². The van der Waals surface area contributed by atoms with E-state index in [0.717, 1.165) is 19.3 Å². The Morgan fingerprint density at radius 3 is 1.77 bits per heavy atom. The lowest BCUT2D eigenvalue weighted by Crippen LogP contribution is -2.50. The molecule has 0 N–H and O–H groups in total. The molecule has 2 aliphatic rings. The number of hydrogen-bond donors (Lipinski definition) is 0. The van der Waals surface area contributed by atoms with Crippen molar-refractivity contribution in [3.63, 3.8) is 0 Å². The van der Waals surface area contributed by atoms with E-state index in [-0.39, 0.29) is 47.8 Å². The third-order valence-corrected chi connectivity index (χ3v) is 11.6. The second-order valence-electron chi connectivity index (χ2n) is 7.64. The maximum absolute atomic E-state index is 12.9. The van der Waals surface area contributed by atoms with Crippen LogP contribution in [-0.4, -0.2) is 82.7 Å². The van der Waals surface area contributed by atoms with Gasteiger partial charge in [-0.2, -0.15) is 12.9 Å². The number of piperazine rings is 1. The molecule has 0 spiro atoms. The molecule has 0 radical (unpaired) electrons. The van der Waals surface area contributed by atoms with E-state index >= 15 is 0 Å². The van der Waals surface area contributed by atoms with Gasteiger partial charge in [-0.25, -0.2) is 25.3 Å². The van der Waals surface area contributed by atoms with E-state index in [9.17, 15) is 25.3 Å². The van der Waals surface area contributed by atoms with Crippen LogP contribution < -0.4 is 0 Å². The van der Waals surface area contributed by atoms with E-state index in [1.807, 2.05) is 6.92 Å². The van der Waals surface area contributed by atoms with Crippen molar-refractivity contribution in [3.05, 3.63) is 24.3 Å². The molecule has 2 fully saturated rings. The first-order chi connectivity index (χ1) is 14.0. The SMILES string of the molecule is CCS(=O)(=O)N1CCN(S(=O)(=O)c2ccc(S(=O)(=O)N3CCCC[C@@H]3C)cc2)CC1. The van der Waals surface area contributed by atoms with Crippen LogP contribution in [0, 0.1) is 0 Å². The first-order valence-corrected chi connectivity index (χ1v) is 14.6. The summed E-state index contributed by atoms with van der Waals surface area (Å²) < 4.78 is 79.6. The highest BCUT2D eigenvalue weighted by atomic mass is 32.2. The van der Waals surface area contributed by atoms with Gasteiger partial charge in [0.25, 0.3) is 0 Å². The Morgan fingerprint density at radius 1 is 0.767 bits per heavy atom. The van der Waals surface area contributed by atoms with Crippen molar-refractivity contribution in [2.75, 3.05) is 38.5 Å². The highest BCUT2D eigenvalue weighted by Crippen LogP contribution is 2.27. The van der Waals surface area contributed by atoms with Gasteiger partial charge in [-0.05, 0) is 51.0 Å². The summed E-state index contributed by atoms with van der Waals surface area (Å²) in [6.07, 6.45) is 2.62. The molecule has 0 unspecified atom stereocenters. The van der Waals surface area contributed by atoms with Gasteiger partial charge < -0.3 is 0 Å². The molecule has 1 aromatic carbocycles. The molecule has 0 aliphatic carbocycles. The minimum absolute atomic E-state index is 0.0000544. The smallest absolute Gasteiger partial charge is 0.212 e. The van der Waals surface area contributed by atoms with Crippen molar-refractivity contribution < 1.29 is 25.3 Å². The maximum Gasteiger partial charge on any atom is 0.243 e. The van der Waals surface area contributed by atoms with Crippen LogP contribution in [0.1, 0.15) is 33.1 Å². The quantitative estimate of drug-likeness (QED) is 0.599. The van der Waals surface area contributed by atoms with Gasteiger partial charge in [-0.1, -0.05) is 6.42 Å². The molecule has 12 heteroatoms. The molecular weight excluding hydrogens is 450 g/mol. The third-order valence-electron chi connectivity index (χ3n) is 5.77. The highest BCUT2D eigenvalue weighted by molar-refractivity contribution is 7.90. The Hall–Kier alpha value is -1.05. The average molecular weight is 480 g/mol. The van der Waals surface area contributed by atoms with Crippen LogP contribution in [0.15, 0.2) is 34.1 Å². The number of nitrogens with zero attached hydrogens (tertiary/aromatic N) is 3. The number of rotatable bonds is 6. The molecule has 1 aromatic rings. The van der Waals surface area contributed by atoms with Crippen molar-refractivity contribution in [1.82, 2.24) is 12.9 Å². The fraction of sp³-hybridized carbons (Fsp3) is 0.667. The largest absolute Gasteiger partial charge is 0.243 e. The summed E-state index contributed by atoms with van der Waals surface area (Å²) in [6, 6.07) is 5.21. The summed E-state index contributed by atoms with van der Waals surface area (Å²) in [5, 5.41) is 0. The lowest BCUT2D eigenvalue weighted by molar-refractivity contribution is 0.268. The zero-order chi connectivity index (χ0) is 22.2. The Kier molecular flexibility index (Phi) is 6.95. The van der Waals surface area contributed by atoms with E-state index in [1.54, 1.807) is 6.92 Å². The third kappa shape index (κ3) is 4.58. The minimum Gasteiger partial charge on any atom is -0.212 e. The van der Waals surface area contributed by atoms with Gasteiger partial charge >= 0.3 is 0 Å². The number of hydrogen-bond acceptors (Lipinski definition) is 6. The Morgan fingerprint density at radius 2 is 1.27 bits per heavy atom. The zero-order valence-corrected chi connectivity index (χ0v) is 19.7. The van der Waals surface area contributed by atoms with Crippen LogP contribution in [0.2, 0.25) is 0 Å². The number of piperidine rings is 1. The average Bonchev–Trinajstić information content (AvgIpc) is 2.74. The van der Waals surface area contributed by atoms with Crippen LogP contribution in [0.5, 0.6) is 0 Å². The molecule has 2 saturated heterocycles. The van der Waals surface area contributed by atoms with E-state index < -0.39 is 30.1 Å². The normalized spacial score (nSPS) is 23.5. The highest BCUT2D eigenvalue weighted by Gasteiger charge is 2.34. The fourth-order valence-corrected chi connectivity index (χ4v) is 8.07. The zero-order valence-electron chi connectivity index (χ0n) is 17.3. The molecular formula is C18H29N3O6S3. The molecule has 2 heterocycles.